The van der Waals surface area contributed by atoms with Crippen LogP contribution in [-0.4, -0.2) is 25.7 Å². The van der Waals surface area contributed by atoms with Gasteiger partial charge in [-0.2, -0.15) is 0 Å². The van der Waals surface area contributed by atoms with E-state index in [0.29, 0.717) is 12.2 Å². The van der Waals surface area contributed by atoms with Crippen LogP contribution in [0.25, 0.3) is 0 Å². The van der Waals surface area contributed by atoms with Crippen LogP contribution in [0, 0.1) is 0 Å². The molecule has 2 rings (SSSR count). The smallest absolute Gasteiger partial charge is 0.339 e. The lowest BCUT2D eigenvalue weighted by atomic mass is 10.1. The van der Waals surface area contributed by atoms with Crippen LogP contribution in [-0.2, 0) is 20.7 Å². The Morgan fingerprint density at radius 2 is 1.65 bits per heavy atom. The minimum atomic E-state index is -0.379. The second kappa shape index (κ2) is 8.39. The Morgan fingerprint density at radius 3 is 2.35 bits per heavy atom. The minimum Gasteiger partial charge on any atom is -0.466 e. The fourth-order valence-corrected chi connectivity index (χ4v) is 3.13. The third-order valence-electron chi connectivity index (χ3n) is 3.13. The molecule has 4 nitrogen and oxygen atoms in total. The van der Waals surface area contributed by atoms with E-state index in [4.69, 9.17) is 9.47 Å². The fraction of sp³-hybridized carbons (Fsp3) is 0.222. The van der Waals surface area contributed by atoms with E-state index in [2.05, 4.69) is 0 Å². The topological polar surface area (TPSA) is 52.6 Å². The van der Waals surface area contributed by atoms with Crippen molar-refractivity contribution in [1.29, 1.82) is 0 Å². The lowest BCUT2D eigenvalue weighted by Crippen LogP contribution is -2.08. The molecule has 0 saturated heterocycles. The molecule has 0 heterocycles. The van der Waals surface area contributed by atoms with Crippen LogP contribution in [0.1, 0.15) is 22.8 Å². The maximum atomic E-state index is 11.9. The molecule has 0 saturated carbocycles. The number of benzene rings is 2. The van der Waals surface area contributed by atoms with Gasteiger partial charge in [0.2, 0.25) is 0 Å². The van der Waals surface area contributed by atoms with Crippen LogP contribution < -0.4 is 0 Å². The van der Waals surface area contributed by atoms with E-state index in [1.165, 1.54) is 18.9 Å². The van der Waals surface area contributed by atoms with Crippen LogP contribution >= 0.6 is 11.8 Å². The van der Waals surface area contributed by atoms with Gasteiger partial charge in [-0.1, -0.05) is 42.1 Å². The Labute approximate surface area is 139 Å². The molecule has 5 heteroatoms. The lowest BCUT2D eigenvalue weighted by Gasteiger charge is -2.11. The van der Waals surface area contributed by atoms with Crippen molar-refractivity contribution in [1.82, 2.24) is 0 Å². The molecule has 0 N–H and O–H groups in total. The summed E-state index contributed by atoms with van der Waals surface area (Å²) < 4.78 is 9.82. The summed E-state index contributed by atoms with van der Waals surface area (Å²) in [5.41, 5.74) is 1.38. The van der Waals surface area contributed by atoms with E-state index in [0.717, 1.165) is 15.4 Å². The molecule has 120 valence electrons. The molecule has 0 spiro atoms. The van der Waals surface area contributed by atoms with Gasteiger partial charge >= 0.3 is 11.9 Å². The predicted molar refractivity (Wildman–Crippen MR) is 88.7 cm³/mol. The van der Waals surface area contributed by atoms with E-state index < -0.39 is 0 Å². The van der Waals surface area contributed by atoms with Gasteiger partial charge in [-0.15, -0.1) is 0 Å². The van der Waals surface area contributed by atoms with Crippen molar-refractivity contribution in [3.05, 3.63) is 59.7 Å². The largest absolute Gasteiger partial charge is 0.466 e. The lowest BCUT2D eigenvalue weighted by molar-refractivity contribution is -0.142. The number of carbonyl (C=O) groups is 2. The first kappa shape index (κ1) is 17.1. The Kier molecular flexibility index (Phi) is 6.23. The maximum Gasteiger partial charge on any atom is 0.339 e. The first-order chi connectivity index (χ1) is 11.2. The van der Waals surface area contributed by atoms with Crippen molar-refractivity contribution < 1.29 is 19.1 Å². The molecule has 0 unspecified atom stereocenters. The molecule has 0 aliphatic carbocycles. The number of rotatable bonds is 6. The van der Waals surface area contributed by atoms with E-state index in [-0.39, 0.29) is 18.4 Å². The summed E-state index contributed by atoms with van der Waals surface area (Å²) in [6, 6.07) is 14.8. The summed E-state index contributed by atoms with van der Waals surface area (Å²) in [5.74, 6) is -0.641. The summed E-state index contributed by atoms with van der Waals surface area (Å²) in [5, 5.41) is 0. The summed E-state index contributed by atoms with van der Waals surface area (Å²) in [7, 11) is 1.36. The molecule has 2 aromatic carbocycles. The van der Waals surface area contributed by atoms with Crippen molar-refractivity contribution in [2.45, 2.75) is 23.1 Å². The van der Waals surface area contributed by atoms with Gasteiger partial charge in [0.05, 0.1) is 25.7 Å². The molecule has 23 heavy (non-hydrogen) atoms. The second-order valence-corrected chi connectivity index (χ2v) is 5.76. The van der Waals surface area contributed by atoms with Crippen molar-refractivity contribution in [3.8, 4) is 0 Å². The van der Waals surface area contributed by atoms with Gasteiger partial charge in [0.1, 0.15) is 0 Å². The molecule has 0 amide bonds. The Balaban J connectivity index is 2.27. The zero-order valence-electron chi connectivity index (χ0n) is 13.1. The van der Waals surface area contributed by atoms with Gasteiger partial charge in [0.15, 0.2) is 0 Å². The molecule has 0 radical (unpaired) electrons. The highest BCUT2D eigenvalue weighted by atomic mass is 32.2. The number of methoxy groups -OCH3 is 1. The zero-order chi connectivity index (χ0) is 16.7. The van der Waals surface area contributed by atoms with Crippen molar-refractivity contribution >= 4 is 23.7 Å². The molecule has 0 aromatic heterocycles. The highest BCUT2D eigenvalue weighted by Crippen LogP contribution is 2.33. The average molecular weight is 330 g/mol. The molecule has 0 atom stereocenters. The molecular weight excluding hydrogens is 312 g/mol. The van der Waals surface area contributed by atoms with Gasteiger partial charge < -0.3 is 9.47 Å². The standard InChI is InChI=1S/C18H18O4S/c1-3-22-17(19)12-13-8-4-6-10-15(13)23-16-11-7-5-9-14(16)18(20)21-2/h4-11H,3,12H2,1-2H3. The first-order valence-corrected chi connectivity index (χ1v) is 8.06. The number of carbonyl (C=O) groups excluding carboxylic acids is 2. The van der Waals surface area contributed by atoms with Crippen LogP contribution in [0.4, 0.5) is 0 Å². The Bertz CT molecular complexity index is 697. The van der Waals surface area contributed by atoms with E-state index in [1.54, 1.807) is 19.1 Å². The van der Waals surface area contributed by atoms with Gasteiger partial charge in [-0.25, -0.2) is 4.79 Å². The molecule has 2 aromatic rings. The second-order valence-electron chi connectivity index (χ2n) is 4.68. The molecule has 0 aliphatic rings. The number of hydrogen-bond donors (Lipinski definition) is 0. The Morgan fingerprint density at radius 1 is 1.00 bits per heavy atom. The van der Waals surface area contributed by atoms with E-state index in [1.807, 2.05) is 36.4 Å². The maximum absolute atomic E-state index is 11.9. The van der Waals surface area contributed by atoms with Gasteiger partial charge in [-0.05, 0) is 30.7 Å². The summed E-state index contributed by atoms with van der Waals surface area (Å²) in [4.78, 5) is 25.3. The quantitative estimate of drug-likeness (QED) is 0.755. The van der Waals surface area contributed by atoms with Crippen LogP contribution in [0.15, 0.2) is 58.3 Å². The number of esters is 2. The van der Waals surface area contributed by atoms with Gasteiger partial charge in [0.25, 0.3) is 0 Å². The number of hydrogen-bond acceptors (Lipinski definition) is 5. The molecule has 0 fully saturated rings. The highest BCUT2D eigenvalue weighted by molar-refractivity contribution is 7.99. The van der Waals surface area contributed by atoms with Gasteiger partial charge in [0, 0.05) is 9.79 Å². The SMILES string of the molecule is CCOC(=O)Cc1ccccc1Sc1ccccc1C(=O)OC. The minimum absolute atomic E-state index is 0.206. The number of ether oxygens (including phenoxy) is 2. The third kappa shape index (κ3) is 4.60. The van der Waals surface area contributed by atoms with E-state index in [9.17, 15) is 9.59 Å². The summed E-state index contributed by atoms with van der Waals surface area (Å²) in [6.07, 6.45) is 0.206. The average Bonchev–Trinajstić information content (AvgIpc) is 2.56. The van der Waals surface area contributed by atoms with Gasteiger partial charge in [-0.3, -0.25) is 4.79 Å². The van der Waals surface area contributed by atoms with E-state index >= 15 is 0 Å². The molecular formula is C18H18O4S. The first-order valence-electron chi connectivity index (χ1n) is 7.24. The highest BCUT2D eigenvalue weighted by Gasteiger charge is 2.15. The van der Waals surface area contributed by atoms with Crippen molar-refractivity contribution in [3.63, 3.8) is 0 Å². The molecule has 0 bridgehead atoms. The van der Waals surface area contributed by atoms with Crippen LogP contribution in [0.2, 0.25) is 0 Å². The summed E-state index contributed by atoms with van der Waals surface area (Å²) in [6.45, 7) is 2.14. The third-order valence-corrected chi connectivity index (χ3v) is 4.32. The fourth-order valence-electron chi connectivity index (χ4n) is 2.07. The monoisotopic (exact) mass is 330 g/mol. The van der Waals surface area contributed by atoms with Crippen LogP contribution in [0.3, 0.4) is 0 Å². The zero-order valence-corrected chi connectivity index (χ0v) is 13.9. The molecule has 0 aliphatic heterocycles. The summed E-state index contributed by atoms with van der Waals surface area (Å²) >= 11 is 1.44. The van der Waals surface area contributed by atoms with Crippen LogP contribution in [0.5, 0.6) is 0 Å². The van der Waals surface area contributed by atoms with Crippen molar-refractivity contribution in [2.24, 2.45) is 0 Å². The normalized spacial score (nSPS) is 10.2. The van der Waals surface area contributed by atoms with Crippen molar-refractivity contribution in [2.75, 3.05) is 13.7 Å². The Hall–Kier alpha value is -2.27. The predicted octanol–water partition coefficient (Wildman–Crippen LogP) is 3.73.